The Morgan fingerprint density at radius 1 is 1.05 bits per heavy atom. The van der Waals surface area contributed by atoms with Crippen LogP contribution in [0.3, 0.4) is 0 Å². The van der Waals surface area contributed by atoms with Gasteiger partial charge in [0.2, 0.25) is 0 Å². The Morgan fingerprint density at radius 2 is 1.85 bits per heavy atom. The molecule has 1 N–H and O–H groups in total. The van der Waals surface area contributed by atoms with Gasteiger partial charge in [-0.05, 0) is 54.6 Å². The molecule has 2 aromatic rings. The Balaban J connectivity index is 2.06. The summed E-state index contributed by atoms with van der Waals surface area (Å²) in [4.78, 5) is 4.07. The molecule has 1 unspecified atom stereocenters. The standard InChI is InChI=1S/C18H24N2/c1-3-15-6-5-7-17(14-15)18(20-4-2)9-8-16-10-12-19-13-11-16/h5-7,10-14,18,20H,3-4,8-9H2,1-2H3. The van der Waals surface area contributed by atoms with Gasteiger partial charge in [-0.3, -0.25) is 4.98 Å². The molecule has 1 aromatic carbocycles. The molecule has 0 radical (unpaired) electrons. The maximum absolute atomic E-state index is 4.07. The van der Waals surface area contributed by atoms with Gasteiger partial charge in [0.15, 0.2) is 0 Å². The monoisotopic (exact) mass is 268 g/mol. The number of nitrogens with zero attached hydrogens (tertiary/aromatic N) is 1. The van der Waals surface area contributed by atoms with Crippen LogP contribution in [0.25, 0.3) is 0 Å². The molecule has 0 amide bonds. The Labute approximate surface area is 122 Å². The maximum atomic E-state index is 4.07. The molecule has 2 nitrogen and oxygen atoms in total. The predicted molar refractivity (Wildman–Crippen MR) is 84.8 cm³/mol. The summed E-state index contributed by atoms with van der Waals surface area (Å²) in [7, 11) is 0. The minimum atomic E-state index is 0.430. The van der Waals surface area contributed by atoms with Crippen LogP contribution in [0.4, 0.5) is 0 Å². The molecule has 2 heteroatoms. The van der Waals surface area contributed by atoms with Gasteiger partial charge in [0.1, 0.15) is 0 Å². The average molecular weight is 268 g/mol. The van der Waals surface area contributed by atoms with Gasteiger partial charge in [0.25, 0.3) is 0 Å². The van der Waals surface area contributed by atoms with E-state index in [1.807, 2.05) is 12.4 Å². The molecular formula is C18H24N2. The first-order chi connectivity index (χ1) is 9.83. The second kappa shape index (κ2) is 7.81. The van der Waals surface area contributed by atoms with Crippen molar-refractivity contribution in [1.82, 2.24) is 10.3 Å². The zero-order valence-corrected chi connectivity index (χ0v) is 12.5. The van der Waals surface area contributed by atoms with E-state index in [1.54, 1.807) is 0 Å². The fourth-order valence-electron chi connectivity index (χ4n) is 2.52. The summed E-state index contributed by atoms with van der Waals surface area (Å²) < 4.78 is 0. The Kier molecular flexibility index (Phi) is 5.75. The lowest BCUT2D eigenvalue weighted by Crippen LogP contribution is -2.21. The highest BCUT2D eigenvalue weighted by atomic mass is 14.9. The van der Waals surface area contributed by atoms with Crippen molar-refractivity contribution in [1.29, 1.82) is 0 Å². The fraction of sp³-hybridized carbons (Fsp3) is 0.389. The second-order valence-corrected chi connectivity index (χ2v) is 5.10. The van der Waals surface area contributed by atoms with E-state index in [0.717, 1.165) is 25.8 Å². The van der Waals surface area contributed by atoms with E-state index in [-0.39, 0.29) is 0 Å². The van der Waals surface area contributed by atoms with Crippen LogP contribution in [0.1, 0.15) is 43.0 Å². The van der Waals surface area contributed by atoms with Gasteiger partial charge >= 0.3 is 0 Å². The van der Waals surface area contributed by atoms with Crippen LogP contribution in [-0.4, -0.2) is 11.5 Å². The summed E-state index contributed by atoms with van der Waals surface area (Å²) in [5.74, 6) is 0. The summed E-state index contributed by atoms with van der Waals surface area (Å²) in [6, 6.07) is 13.6. The topological polar surface area (TPSA) is 24.9 Å². The van der Waals surface area contributed by atoms with Crippen molar-refractivity contribution < 1.29 is 0 Å². The van der Waals surface area contributed by atoms with Crippen molar-refractivity contribution in [2.24, 2.45) is 0 Å². The van der Waals surface area contributed by atoms with E-state index in [0.29, 0.717) is 6.04 Å². The minimum absolute atomic E-state index is 0.430. The summed E-state index contributed by atoms with van der Waals surface area (Å²) in [5, 5.41) is 3.60. The third kappa shape index (κ3) is 4.17. The molecule has 1 atom stereocenters. The number of aromatic nitrogens is 1. The van der Waals surface area contributed by atoms with E-state index in [2.05, 4.69) is 60.5 Å². The lowest BCUT2D eigenvalue weighted by Gasteiger charge is -2.19. The lowest BCUT2D eigenvalue weighted by atomic mass is 9.97. The highest BCUT2D eigenvalue weighted by Crippen LogP contribution is 2.20. The molecule has 1 heterocycles. The molecule has 0 spiro atoms. The first kappa shape index (κ1) is 14.7. The van der Waals surface area contributed by atoms with Crippen molar-refractivity contribution in [3.63, 3.8) is 0 Å². The van der Waals surface area contributed by atoms with Crippen LogP contribution >= 0.6 is 0 Å². The van der Waals surface area contributed by atoms with E-state index < -0.39 is 0 Å². The summed E-state index contributed by atoms with van der Waals surface area (Å²) in [6.45, 7) is 5.37. The largest absolute Gasteiger partial charge is 0.310 e. The SMILES string of the molecule is CCNC(CCc1ccncc1)c1cccc(CC)c1. The van der Waals surface area contributed by atoms with Gasteiger partial charge in [0, 0.05) is 18.4 Å². The van der Waals surface area contributed by atoms with Crippen molar-refractivity contribution in [3.8, 4) is 0 Å². The number of hydrogen-bond donors (Lipinski definition) is 1. The highest BCUT2D eigenvalue weighted by molar-refractivity contribution is 5.26. The molecule has 1 aromatic heterocycles. The number of rotatable bonds is 7. The van der Waals surface area contributed by atoms with Crippen LogP contribution in [0.15, 0.2) is 48.8 Å². The normalized spacial score (nSPS) is 12.3. The van der Waals surface area contributed by atoms with Crippen molar-refractivity contribution in [2.75, 3.05) is 6.54 Å². The molecule has 0 fully saturated rings. The molecule has 2 rings (SSSR count). The molecule has 0 saturated heterocycles. The van der Waals surface area contributed by atoms with Crippen LogP contribution in [0, 0.1) is 0 Å². The van der Waals surface area contributed by atoms with Crippen molar-refractivity contribution >= 4 is 0 Å². The second-order valence-electron chi connectivity index (χ2n) is 5.10. The number of hydrogen-bond acceptors (Lipinski definition) is 2. The van der Waals surface area contributed by atoms with Gasteiger partial charge < -0.3 is 5.32 Å². The smallest absolute Gasteiger partial charge is 0.0323 e. The quantitative estimate of drug-likeness (QED) is 0.823. The Bertz CT molecular complexity index is 508. The summed E-state index contributed by atoms with van der Waals surface area (Å²) in [6.07, 6.45) is 7.03. The van der Waals surface area contributed by atoms with Crippen molar-refractivity contribution in [2.45, 2.75) is 39.2 Å². The van der Waals surface area contributed by atoms with Crippen LogP contribution in [-0.2, 0) is 12.8 Å². The maximum Gasteiger partial charge on any atom is 0.0323 e. The number of pyridine rings is 1. The van der Waals surface area contributed by atoms with Crippen LogP contribution in [0.2, 0.25) is 0 Å². The Morgan fingerprint density at radius 3 is 2.55 bits per heavy atom. The molecule has 0 aliphatic rings. The summed E-state index contributed by atoms with van der Waals surface area (Å²) in [5.41, 5.74) is 4.17. The summed E-state index contributed by atoms with van der Waals surface area (Å²) >= 11 is 0. The zero-order chi connectivity index (χ0) is 14.2. The van der Waals surface area contributed by atoms with Gasteiger partial charge in [-0.1, -0.05) is 38.1 Å². The third-order valence-corrected chi connectivity index (χ3v) is 3.68. The van der Waals surface area contributed by atoms with E-state index >= 15 is 0 Å². The molecule has 0 aliphatic heterocycles. The van der Waals surface area contributed by atoms with E-state index in [1.165, 1.54) is 16.7 Å². The predicted octanol–water partition coefficient (Wildman–Crippen LogP) is 3.93. The van der Waals surface area contributed by atoms with E-state index in [9.17, 15) is 0 Å². The molecule has 0 aliphatic carbocycles. The zero-order valence-electron chi connectivity index (χ0n) is 12.5. The van der Waals surface area contributed by atoms with Gasteiger partial charge in [-0.25, -0.2) is 0 Å². The van der Waals surface area contributed by atoms with Crippen LogP contribution in [0.5, 0.6) is 0 Å². The lowest BCUT2D eigenvalue weighted by molar-refractivity contribution is 0.515. The molecule has 0 saturated carbocycles. The Hall–Kier alpha value is -1.67. The average Bonchev–Trinajstić information content (AvgIpc) is 2.52. The van der Waals surface area contributed by atoms with Gasteiger partial charge in [-0.2, -0.15) is 0 Å². The molecular weight excluding hydrogens is 244 g/mol. The van der Waals surface area contributed by atoms with Crippen LogP contribution < -0.4 is 5.32 Å². The third-order valence-electron chi connectivity index (χ3n) is 3.68. The first-order valence-corrected chi connectivity index (χ1v) is 7.54. The number of aryl methyl sites for hydroxylation is 2. The fourth-order valence-corrected chi connectivity index (χ4v) is 2.52. The molecule has 106 valence electrons. The first-order valence-electron chi connectivity index (χ1n) is 7.54. The van der Waals surface area contributed by atoms with Gasteiger partial charge in [-0.15, -0.1) is 0 Å². The number of nitrogens with one attached hydrogen (secondary N) is 1. The van der Waals surface area contributed by atoms with Gasteiger partial charge in [0.05, 0.1) is 0 Å². The molecule has 0 bridgehead atoms. The van der Waals surface area contributed by atoms with E-state index in [4.69, 9.17) is 0 Å². The number of benzene rings is 1. The minimum Gasteiger partial charge on any atom is -0.310 e. The van der Waals surface area contributed by atoms with Crippen molar-refractivity contribution in [3.05, 3.63) is 65.5 Å². The highest BCUT2D eigenvalue weighted by Gasteiger charge is 2.10. The molecule has 20 heavy (non-hydrogen) atoms.